The number of methoxy groups -OCH3 is 2. The number of nitrogens with zero attached hydrogens (tertiary/aromatic N) is 1. The number of hydrazone groups is 1. The van der Waals surface area contributed by atoms with Crippen LogP contribution in [0.2, 0.25) is 0 Å². The second-order valence-electron chi connectivity index (χ2n) is 5.11. The fourth-order valence-corrected chi connectivity index (χ4v) is 2.32. The molecule has 1 N–H and O–H groups in total. The molecule has 0 fully saturated rings. The summed E-state index contributed by atoms with van der Waals surface area (Å²) in [4.78, 5) is 11.4. The zero-order chi connectivity index (χ0) is 16.0. The number of amides is 1. The zero-order valence-corrected chi connectivity index (χ0v) is 14.8. The summed E-state index contributed by atoms with van der Waals surface area (Å²) in [6, 6.07) is 3.63. The van der Waals surface area contributed by atoms with E-state index in [9.17, 15) is 4.79 Å². The van der Waals surface area contributed by atoms with Gasteiger partial charge in [0.1, 0.15) is 5.60 Å². The highest BCUT2D eigenvalue weighted by atomic mass is 127. The Balaban J connectivity index is 2.77. The highest BCUT2D eigenvalue weighted by Gasteiger charge is 2.15. The number of nitrogens with one attached hydrogen (secondary N) is 1. The van der Waals surface area contributed by atoms with Gasteiger partial charge in [0.15, 0.2) is 11.5 Å². The zero-order valence-electron chi connectivity index (χ0n) is 12.7. The van der Waals surface area contributed by atoms with Crippen LogP contribution in [0.3, 0.4) is 0 Å². The van der Waals surface area contributed by atoms with Crippen molar-refractivity contribution in [3.05, 3.63) is 21.3 Å². The van der Waals surface area contributed by atoms with Gasteiger partial charge in [0.05, 0.1) is 24.0 Å². The van der Waals surface area contributed by atoms with Crippen molar-refractivity contribution in [1.82, 2.24) is 5.43 Å². The lowest BCUT2D eigenvalue weighted by atomic mass is 10.2. The molecule has 0 saturated heterocycles. The van der Waals surface area contributed by atoms with E-state index in [-0.39, 0.29) is 0 Å². The van der Waals surface area contributed by atoms with Crippen LogP contribution in [0.1, 0.15) is 26.3 Å². The lowest BCUT2D eigenvalue weighted by Crippen LogP contribution is -2.29. The Bertz CT molecular complexity index is 539. The van der Waals surface area contributed by atoms with E-state index in [1.807, 2.05) is 6.07 Å². The first-order valence-corrected chi connectivity index (χ1v) is 7.28. The van der Waals surface area contributed by atoms with Gasteiger partial charge in [-0.3, -0.25) is 0 Å². The summed E-state index contributed by atoms with van der Waals surface area (Å²) in [7, 11) is 3.14. The molecule has 0 spiro atoms. The van der Waals surface area contributed by atoms with Crippen LogP contribution < -0.4 is 14.9 Å². The number of carbonyl (C=O) groups excluding carboxylic acids is 1. The molecule has 116 valence electrons. The summed E-state index contributed by atoms with van der Waals surface area (Å²) in [5.74, 6) is 1.26. The normalized spacial score (nSPS) is 11.3. The minimum absolute atomic E-state index is 0.557. The molecular weight excluding hydrogens is 387 g/mol. The Kier molecular flexibility index (Phi) is 6.25. The van der Waals surface area contributed by atoms with Gasteiger partial charge in [0.2, 0.25) is 0 Å². The van der Waals surface area contributed by atoms with E-state index in [1.54, 1.807) is 41.1 Å². The molecule has 21 heavy (non-hydrogen) atoms. The molecule has 1 aromatic rings. The summed E-state index contributed by atoms with van der Waals surface area (Å²) >= 11 is 2.14. The van der Waals surface area contributed by atoms with Crippen LogP contribution in [0, 0.1) is 3.57 Å². The fraction of sp³-hybridized carbons (Fsp3) is 0.429. The van der Waals surface area contributed by atoms with Crippen molar-refractivity contribution in [2.75, 3.05) is 14.2 Å². The van der Waals surface area contributed by atoms with Crippen LogP contribution >= 0.6 is 22.6 Å². The molecule has 0 aromatic heterocycles. The van der Waals surface area contributed by atoms with E-state index in [1.165, 1.54) is 6.21 Å². The van der Waals surface area contributed by atoms with Gasteiger partial charge in [-0.05, 0) is 61.1 Å². The molecule has 6 nitrogen and oxygen atoms in total. The van der Waals surface area contributed by atoms with Gasteiger partial charge < -0.3 is 14.2 Å². The summed E-state index contributed by atoms with van der Waals surface area (Å²) in [6.07, 6.45) is 0.905. The van der Waals surface area contributed by atoms with Gasteiger partial charge in [-0.1, -0.05) is 0 Å². The molecular formula is C14H19IN2O4. The third-order valence-corrected chi connectivity index (χ3v) is 3.03. The maximum Gasteiger partial charge on any atom is 0.428 e. The first kappa shape index (κ1) is 17.5. The second kappa shape index (κ2) is 7.48. The first-order chi connectivity index (χ1) is 9.76. The third-order valence-electron chi connectivity index (χ3n) is 2.22. The van der Waals surface area contributed by atoms with Gasteiger partial charge in [-0.2, -0.15) is 5.10 Å². The molecule has 0 unspecified atom stereocenters. The van der Waals surface area contributed by atoms with Crippen LogP contribution in [0.4, 0.5) is 4.79 Å². The third kappa shape index (κ3) is 5.78. The van der Waals surface area contributed by atoms with Crippen LogP contribution in [-0.4, -0.2) is 32.1 Å². The van der Waals surface area contributed by atoms with Crippen molar-refractivity contribution >= 4 is 34.9 Å². The summed E-state index contributed by atoms with van der Waals surface area (Å²) in [6.45, 7) is 5.35. The van der Waals surface area contributed by atoms with E-state index >= 15 is 0 Å². The van der Waals surface area contributed by atoms with Gasteiger partial charge in [-0.15, -0.1) is 0 Å². The van der Waals surface area contributed by atoms with Crippen LogP contribution in [0.15, 0.2) is 17.2 Å². The summed E-state index contributed by atoms with van der Waals surface area (Å²) < 4.78 is 16.5. The van der Waals surface area contributed by atoms with Crippen molar-refractivity contribution in [3.63, 3.8) is 0 Å². The average molecular weight is 406 g/mol. The van der Waals surface area contributed by atoms with Crippen LogP contribution in [0.5, 0.6) is 11.5 Å². The van der Waals surface area contributed by atoms with Gasteiger partial charge in [0.25, 0.3) is 0 Å². The number of hydrogen-bond acceptors (Lipinski definition) is 5. The molecule has 1 aromatic carbocycles. The van der Waals surface area contributed by atoms with Crippen molar-refractivity contribution in [2.45, 2.75) is 26.4 Å². The van der Waals surface area contributed by atoms with E-state index in [0.717, 1.165) is 9.13 Å². The summed E-state index contributed by atoms with van der Waals surface area (Å²) in [5, 5.41) is 3.85. The minimum Gasteiger partial charge on any atom is -0.493 e. The van der Waals surface area contributed by atoms with E-state index in [2.05, 4.69) is 33.1 Å². The number of ether oxygens (including phenoxy) is 3. The van der Waals surface area contributed by atoms with Gasteiger partial charge >= 0.3 is 6.09 Å². The second-order valence-corrected chi connectivity index (χ2v) is 6.27. The minimum atomic E-state index is -0.603. The fourth-order valence-electron chi connectivity index (χ4n) is 1.47. The maximum atomic E-state index is 11.4. The molecule has 0 aliphatic heterocycles. The molecule has 0 saturated carbocycles. The van der Waals surface area contributed by atoms with Crippen molar-refractivity contribution in [1.29, 1.82) is 0 Å². The smallest absolute Gasteiger partial charge is 0.428 e. The molecule has 0 aliphatic carbocycles. The van der Waals surface area contributed by atoms with Crippen LogP contribution in [-0.2, 0) is 4.74 Å². The predicted molar refractivity (Wildman–Crippen MR) is 89.2 cm³/mol. The predicted octanol–water partition coefficient (Wildman–Crippen LogP) is 3.17. The highest BCUT2D eigenvalue weighted by Crippen LogP contribution is 2.32. The first-order valence-electron chi connectivity index (χ1n) is 6.20. The van der Waals surface area contributed by atoms with Crippen molar-refractivity contribution in [3.8, 4) is 11.5 Å². The Labute approximate surface area is 138 Å². The van der Waals surface area contributed by atoms with E-state index in [0.29, 0.717) is 11.5 Å². The Morgan fingerprint density at radius 2 is 1.95 bits per heavy atom. The van der Waals surface area contributed by atoms with Crippen molar-refractivity contribution in [2.24, 2.45) is 5.10 Å². The molecule has 0 heterocycles. The molecule has 0 radical (unpaired) electrons. The van der Waals surface area contributed by atoms with E-state index < -0.39 is 11.7 Å². The molecule has 7 heteroatoms. The Hall–Kier alpha value is -1.51. The summed E-state index contributed by atoms with van der Waals surface area (Å²) in [5.41, 5.74) is 2.52. The molecule has 0 atom stereocenters. The Morgan fingerprint density at radius 1 is 1.29 bits per heavy atom. The lowest BCUT2D eigenvalue weighted by molar-refractivity contribution is 0.0529. The van der Waals surface area contributed by atoms with Gasteiger partial charge in [-0.25, -0.2) is 10.2 Å². The standard InChI is InChI=1S/C14H19IN2O4/c1-14(2,3)21-13(18)17-16-8-9-6-10(15)12(20-5)11(7-9)19-4/h6-8H,1-5H3,(H,17,18). The van der Waals surface area contributed by atoms with Crippen LogP contribution in [0.25, 0.3) is 0 Å². The quantitative estimate of drug-likeness (QED) is 0.474. The molecule has 1 amide bonds. The monoisotopic (exact) mass is 406 g/mol. The number of carbonyl (C=O) groups is 1. The van der Waals surface area contributed by atoms with Crippen molar-refractivity contribution < 1.29 is 19.0 Å². The number of benzene rings is 1. The average Bonchev–Trinajstić information content (AvgIpc) is 2.35. The molecule has 0 aliphatic rings. The largest absolute Gasteiger partial charge is 0.493 e. The van der Waals surface area contributed by atoms with E-state index in [4.69, 9.17) is 14.2 Å². The Morgan fingerprint density at radius 3 is 2.48 bits per heavy atom. The number of rotatable bonds is 4. The lowest BCUT2D eigenvalue weighted by Gasteiger charge is -2.18. The number of hydrogen-bond donors (Lipinski definition) is 1. The molecule has 0 bridgehead atoms. The highest BCUT2D eigenvalue weighted by molar-refractivity contribution is 14.1. The van der Waals surface area contributed by atoms with Gasteiger partial charge in [0, 0.05) is 0 Å². The number of halogens is 1. The topological polar surface area (TPSA) is 69.2 Å². The maximum absolute atomic E-state index is 11.4. The SMILES string of the molecule is COc1cc(C=NNC(=O)OC(C)(C)C)cc(I)c1OC. The molecule has 1 rings (SSSR count).